The average Bonchev–Trinajstić information content (AvgIpc) is 2.62. The zero-order valence-corrected chi connectivity index (χ0v) is 15.4. The number of pyridine rings is 1. The van der Waals surface area contributed by atoms with Crippen molar-refractivity contribution >= 4 is 23.3 Å². The third-order valence-corrected chi connectivity index (χ3v) is 4.52. The molecule has 0 saturated carbocycles. The Morgan fingerprint density at radius 2 is 2.00 bits per heavy atom. The van der Waals surface area contributed by atoms with Crippen molar-refractivity contribution in [3.63, 3.8) is 0 Å². The van der Waals surface area contributed by atoms with E-state index in [-0.39, 0.29) is 6.04 Å². The quantitative estimate of drug-likeness (QED) is 0.857. The summed E-state index contributed by atoms with van der Waals surface area (Å²) in [6.07, 6.45) is 2.37. The topological polar surface area (TPSA) is 71.5 Å². The van der Waals surface area contributed by atoms with Crippen molar-refractivity contribution in [2.24, 2.45) is 0 Å². The van der Waals surface area contributed by atoms with Crippen molar-refractivity contribution in [3.05, 3.63) is 48.2 Å². The Labute approximate surface area is 153 Å². The van der Waals surface area contributed by atoms with E-state index in [1.807, 2.05) is 45.0 Å². The zero-order valence-electron chi connectivity index (χ0n) is 15.4. The number of ether oxygens (including phenoxy) is 1. The summed E-state index contributed by atoms with van der Waals surface area (Å²) >= 11 is 0. The van der Waals surface area contributed by atoms with E-state index < -0.39 is 17.4 Å². The molecule has 0 saturated heterocycles. The van der Waals surface area contributed by atoms with Gasteiger partial charge in [-0.05, 0) is 51.0 Å². The summed E-state index contributed by atoms with van der Waals surface area (Å²) in [5, 5.41) is 2.86. The van der Waals surface area contributed by atoms with Gasteiger partial charge in [-0.15, -0.1) is 0 Å². The summed E-state index contributed by atoms with van der Waals surface area (Å²) in [5.74, 6) is -0.0670. The monoisotopic (exact) mass is 353 g/mol. The molecule has 1 N–H and O–H groups in total. The van der Waals surface area contributed by atoms with Crippen LogP contribution in [0.3, 0.4) is 0 Å². The first-order valence-corrected chi connectivity index (χ1v) is 8.75. The van der Waals surface area contributed by atoms with Gasteiger partial charge >= 0.3 is 0 Å². The molecule has 0 spiro atoms. The number of aromatic nitrogens is 1. The minimum Gasteiger partial charge on any atom is -0.464 e. The van der Waals surface area contributed by atoms with Gasteiger partial charge in [-0.1, -0.05) is 25.1 Å². The molecule has 1 aliphatic heterocycles. The highest BCUT2D eigenvalue weighted by molar-refractivity contribution is 6.19. The number of carbonyl (C=O) groups is 2. The van der Waals surface area contributed by atoms with Crippen molar-refractivity contribution < 1.29 is 14.3 Å². The normalized spacial score (nSPS) is 19.1. The third kappa shape index (κ3) is 2.92. The number of anilines is 2. The van der Waals surface area contributed by atoms with Crippen LogP contribution in [0.15, 0.2) is 42.6 Å². The number of para-hydroxylation sites is 1. The van der Waals surface area contributed by atoms with Gasteiger partial charge in [-0.2, -0.15) is 0 Å². The van der Waals surface area contributed by atoms with E-state index in [0.29, 0.717) is 17.3 Å². The highest BCUT2D eigenvalue weighted by Crippen LogP contribution is 2.37. The Kier molecular flexibility index (Phi) is 4.68. The molecular formula is C20H23N3O3. The minimum atomic E-state index is -1.67. The SMILES string of the molecule is CCc1ccccc1NC(=O)[C@]1(C)Oc2cccnc2N(C(C)C)C1=O. The number of rotatable bonds is 4. The van der Waals surface area contributed by atoms with Crippen molar-refractivity contribution in [2.45, 2.75) is 45.8 Å². The number of fused-ring (bicyclic) bond motifs is 1. The standard InChI is InChI=1S/C20H23N3O3/c1-5-14-9-6-7-10-15(14)22-18(24)20(4)19(25)23(13(2)3)17-16(26-20)11-8-12-21-17/h6-13H,5H2,1-4H3,(H,22,24)/t20-/m0/s1. The Hall–Kier alpha value is -2.89. The number of carbonyl (C=O) groups excluding carboxylic acids is 2. The van der Waals surface area contributed by atoms with Gasteiger partial charge in [0, 0.05) is 17.9 Å². The molecule has 0 fully saturated rings. The van der Waals surface area contributed by atoms with Crippen LogP contribution in [-0.4, -0.2) is 28.4 Å². The molecule has 1 atom stereocenters. The van der Waals surface area contributed by atoms with Crippen LogP contribution in [0.25, 0.3) is 0 Å². The molecule has 0 aliphatic carbocycles. The van der Waals surface area contributed by atoms with E-state index in [1.165, 1.54) is 11.8 Å². The van der Waals surface area contributed by atoms with Crippen LogP contribution >= 0.6 is 0 Å². The van der Waals surface area contributed by atoms with Gasteiger partial charge in [-0.3, -0.25) is 14.5 Å². The van der Waals surface area contributed by atoms with Gasteiger partial charge < -0.3 is 10.1 Å². The largest absolute Gasteiger partial charge is 0.464 e. The second-order valence-corrected chi connectivity index (χ2v) is 6.69. The van der Waals surface area contributed by atoms with Crippen molar-refractivity contribution in [2.75, 3.05) is 10.2 Å². The van der Waals surface area contributed by atoms with Crippen molar-refractivity contribution in [3.8, 4) is 5.75 Å². The summed E-state index contributed by atoms with van der Waals surface area (Å²) < 4.78 is 5.85. The Bertz CT molecular complexity index is 850. The lowest BCUT2D eigenvalue weighted by Crippen LogP contribution is -2.62. The molecule has 26 heavy (non-hydrogen) atoms. The molecule has 2 amide bonds. The third-order valence-electron chi connectivity index (χ3n) is 4.52. The van der Waals surface area contributed by atoms with Crippen LogP contribution in [-0.2, 0) is 16.0 Å². The second-order valence-electron chi connectivity index (χ2n) is 6.69. The van der Waals surface area contributed by atoms with Gasteiger partial charge in [-0.25, -0.2) is 4.98 Å². The summed E-state index contributed by atoms with van der Waals surface area (Å²) in [7, 11) is 0. The summed E-state index contributed by atoms with van der Waals surface area (Å²) in [6.45, 7) is 7.28. The first kappa shape index (κ1) is 17.9. The van der Waals surface area contributed by atoms with Crippen LogP contribution in [0.2, 0.25) is 0 Å². The maximum absolute atomic E-state index is 13.1. The summed E-state index contributed by atoms with van der Waals surface area (Å²) in [4.78, 5) is 32.0. The average molecular weight is 353 g/mol. The highest BCUT2D eigenvalue weighted by atomic mass is 16.5. The lowest BCUT2D eigenvalue weighted by molar-refractivity contribution is -0.145. The summed E-state index contributed by atoms with van der Waals surface area (Å²) in [6, 6.07) is 10.8. The number of aryl methyl sites for hydroxylation is 1. The van der Waals surface area contributed by atoms with Gasteiger partial charge in [0.1, 0.15) is 0 Å². The molecule has 1 aromatic heterocycles. The van der Waals surface area contributed by atoms with Crippen molar-refractivity contribution in [1.29, 1.82) is 0 Å². The maximum atomic E-state index is 13.1. The van der Waals surface area contributed by atoms with Crippen LogP contribution < -0.4 is 15.0 Å². The predicted octanol–water partition coefficient (Wildman–Crippen LogP) is 3.18. The highest BCUT2D eigenvalue weighted by Gasteiger charge is 2.52. The molecule has 2 heterocycles. The molecule has 3 rings (SSSR count). The van der Waals surface area contributed by atoms with Gasteiger partial charge in [0.25, 0.3) is 17.4 Å². The number of hydrogen-bond donors (Lipinski definition) is 1. The fourth-order valence-corrected chi connectivity index (χ4v) is 3.05. The van der Waals surface area contributed by atoms with Crippen LogP contribution in [0.5, 0.6) is 5.75 Å². The van der Waals surface area contributed by atoms with Gasteiger partial charge in [0.05, 0.1) is 0 Å². The molecule has 6 nitrogen and oxygen atoms in total. The fraction of sp³-hybridized carbons (Fsp3) is 0.350. The molecular weight excluding hydrogens is 330 g/mol. The van der Waals surface area contributed by atoms with Crippen molar-refractivity contribution in [1.82, 2.24) is 4.98 Å². The lowest BCUT2D eigenvalue weighted by Gasteiger charge is -2.40. The Morgan fingerprint density at radius 3 is 2.69 bits per heavy atom. The predicted molar refractivity (Wildman–Crippen MR) is 100 cm³/mol. The van der Waals surface area contributed by atoms with Crippen LogP contribution in [0, 0.1) is 0 Å². The molecule has 1 aliphatic rings. The molecule has 6 heteroatoms. The van der Waals surface area contributed by atoms with Gasteiger partial charge in [0.15, 0.2) is 11.6 Å². The minimum absolute atomic E-state index is 0.157. The first-order valence-electron chi connectivity index (χ1n) is 8.75. The number of hydrogen-bond acceptors (Lipinski definition) is 4. The molecule has 136 valence electrons. The molecule has 1 aromatic carbocycles. The fourth-order valence-electron chi connectivity index (χ4n) is 3.05. The van der Waals surface area contributed by atoms with Gasteiger partial charge in [0.2, 0.25) is 0 Å². The van der Waals surface area contributed by atoms with Crippen LogP contribution in [0.4, 0.5) is 11.5 Å². The van der Waals surface area contributed by atoms with E-state index in [2.05, 4.69) is 10.3 Å². The molecule has 0 unspecified atom stereocenters. The van der Waals surface area contributed by atoms with E-state index in [0.717, 1.165) is 12.0 Å². The second kappa shape index (κ2) is 6.78. The smallest absolute Gasteiger partial charge is 0.282 e. The van der Waals surface area contributed by atoms with E-state index >= 15 is 0 Å². The number of benzene rings is 1. The molecule has 0 radical (unpaired) electrons. The van der Waals surface area contributed by atoms with E-state index in [1.54, 1.807) is 18.3 Å². The number of nitrogens with one attached hydrogen (secondary N) is 1. The molecule has 2 aromatic rings. The maximum Gasteiger partial charge on any atom is 0.282 e. The Balaban J connectivity index is 1.98. The number of amides is 2. The lowest BCUT2D eigenvalue weighted by atomic mass is 9.99. The van der Waals surface area contributed by atoms with E-state index in [4.69, 9.17) is 4.74 Å². The van der Waals surface area contributed by atoms with E-state index in [9.17, 15) is 9.59 Å². The summed E-state index contributed by atoms with van der Waals surface area (Å²) in [5.41, 5.74) is 0.0161. The first-order chi connectivity index (χ1) is 12.4. The van der Waals surface area contributed by atoms with Crippen LogP contribution in [0.1, 0.15) is 33.3 Å². The molecule has 0 bridgehead atoms. The zero-order chi connectivity index (χ0) is 18.9. The number of nitrogens with zero attached hydrogens (tertiary/aromatic N) is 2. The Morgan fingerprint density at radius 1 is 1.27 bits per heavy atom.